The second-order valence-corrected chi connectivity index (χ2v) is 16.3. The number of carbonyl (C=O) groups is 6. The van der Waals surface area contributed by atoms with Crippen LogP contribution in [0.25, 0.3) is 0 Å². The fourth-order valence-electron chi connectivity index (χ4n) is 6.77. The Balaban J connectivity index is 1.53. The SMILES string of the molecule is CN(C(=O)[C@@H](NC(=O)N[C@H](C(=O)N1C[C@H]2[C@@H]([C@H]1C(=O)NC(CC1CC1)C(=O)C(N)=O)C2(C)C)C(C)(C)C)C(C)(C)C)C1CC1. The summed E-state index contributed by atoms with van der Waals surface area (Å²) in [5.41, 5.74) is 3.79. The van der Waals surface area contributed by atoms with Crippen LogP contribution in [-0.2, 0) is 24.0 Å². The normalized spacial score (nSPS) is 26.0. The van der Waals surface area contributed by atoms with E-state index in [0.717, 1.165) is 25.7 Å². The maximum atomic E-state index is 14.2. The minimum atomic E-state index is -1.10. The summed E-state index contributed by atoms with van der Waals surface area (Å²) in [4.78, 5) is 82.4. The van der Waals surface area contributed by atoms with Gasteiger partial charge in [-0.2, -0.15) is 0 Å². The molecule has 4 rings (SSSR count). The van der Waals surface area contributed by atoms with Gasteiger partial charge >= 0.3 is 6.03 Å². The third-order valence-electron chi connectivity index (χ3n) is 10.1. The van der Waals surface area contributed by atoms with Crippen LogP contribution < -0.4 is 21.7 Å². The van der Waals surface area contributed by atoms with Crippen LogP contribution in [0.1, 0.15) is 87.5 Å². The van der Waals surface area contributed by atoms with Gasteiger partial charge < -0.3 is 31.5 Å². The number of rotatable bonds is 11. The number of nitrogens with one attached hydrogen (secondary N) is 3. The number of amides is 6. The van der Waals surface area contributed by atoms with Gasteiger partial charge in [-0.1, -0.05) is 68.2 Å². The molecule has 0 aromatic heterocycles. The third kappa shape index (κ3) is 7.04. The summed E-state index contributed by atoms with van der Waals surface area (Å²) in [5.74, 6) is -2.83. The van der Waals surface area contributed by atoms with Crippen molar-refractivity contribution in [1.29, 1.82) is 0 Å². The summed E-state index contributed by atoms with van der Waals surface area (Å²) in [6.07, 6.45) is 4.05. The molecule has 1 unspecified atom stereocenters. The average Bonchev–Trinajstić information content (AvgIpc) is 3.84. The Morgan fingerprint density at radius 3 is 1.91 bits per heavy atom. The summed E-state index contributed by atoms with van der Waals surface area (Å²) in [5, 5.41) is 8.43. The lowest BCUT2D eigenvalue weighted by molar-refractivity contribution is -0.145. The fourth-order valence-corrected chi connectivity index (χ4v) is 6.77. The first-order valence-corrected chi connectivity index (χ1v) is 15.9. The average molecular weight is 617 g/mol. The number of primary amides is 1. The Kier molecular flexibility index (Phi) is 8.91. The van der Waals surface area contributed by atoms with E-state index in [-0.39, 0.29) is 35.1 Å². The molecule has 12 heteroatoms. The van der Waals surface area contributed by atoms with Crippen molar-refractivity contribution in [2.45, 2.75) is 118 Å². The molecule has 6 atom stereocenters. The minimum Gasteiger partial charge on any atom is -0.363 e. The predicted molar refractivity (Wildman–Crippen MR) is 164 cm³/mol. The number of urea groups is 1. The second kappa shape index (κ2) is 11.6. The molecule has 4 aliphatic rings. The molecule has 44 heavy (non-hydrogen) atoms. The predicted octanol–water partition coefficient (Wildman–Crippen LogP) is 1.56. The molecule has 1 aliphatic heterocycles. The van der Waals surface area contributed by atoms with Gasteiger partial charge in [0, 0.05) is 19.6 Å². The van der Waals surface area contributed by atoms with E-state index in [1.54, 1.807) is 11.9 Å². The van der Waals surface area contributed by atoms with E-state index in [4.69, 9.17) is 5.73 Å². The highest BCUT2D eigenvalue weighted by molar-refractivity contribution is 6.37. The van der Waals surface area contributed by atoms with E-state index in [1.807, 2.05) is 41.5 Å². The molecule has 246 valence electrons. The number of carbonyl (C=O) groups excluding carboxylic acids is 6. The van der Waals surface area contributed by atoms with Gasteiger partial charge in [0.25, 0.3) is 5.91 Å². The van der Waals surface area contributed by atoms with Crippen LogP contribution in [0.2, 0.25) is 0 Å². The topological polar surface area (TPSA) is 171 Å². The van der Waals surface area contributed by atoms with Crippen molar-refractivity contribution >= 4 is 35.4 Å². The van der Waals surface area contributed by atoms with Gasteiger partial charge in [0.1, 0.15) is 18.1 Å². The van der Waals surface area contributed by atoms with Crippen LogP contribution in [0.3, 0.4) is 0 Å². The Labute approximate surface area is 261 Å². The molecule has 0 bridgehead atoms. The molecule has 0 radical (unpaired) electrons. The maximum absolute atomic E-state index is 14.2. The quantitative estimate of drug-likeness (QED) is 0.257. The Morgan fingerprint density at radius 1 is 0.886 bits per heavy atom. The molecule has 12 nitrogen and oxygen atoms in total. The molecule has 1 heterocycles. The zero-order valence-electron chi connectivity index (χ0n) is 27.8. The molecule has 3 aliphatic carbocycles. The van der Waals surface area contributed by atoms with E-state index in [0.29, 0.717) is 13.0 Å². The van der Waals surface area contributed by atoms with Crippen molar-refractivity contribution < 1.29 is 28.8 Å². The third-order valence-corrected chi connectivity index (χ3v) is 10.1. The molecular formula is C32H52N6O6. The zero-order valence-corrected chi connectivity index (χ0v) is 27.8. The molecule has 0 spiro atoms. The lowest BCUT2D eigenvalue weighted by Crippen LogP contribution is -2.63. The minimum absolute atomic E-state index is 0.0752. The number of hydrogen-bond acceptors (Lipinski definition) is 6. The summed E-state index contributed by atoms with van der Waals surface area (Å²) in [6, 6.07) is -4.18. The fraction of sp³-hybridized carbons (Fsp3) is 0.812. The van der Waals surface area contributed by atoms with Crippen molar-refractivity contribution in [2.75, 3.05) is 13.6 Å². The number of nitrogens with two attached hydrogens (primary N) is 1. The molecular weight excluding hydrogens is 564 g/mol. The van der Waals surface area contributed by atoms with Crippen molar-refractivity contribution in [3.05, 3.63) is 0 Å². The van der Waals surface area contributed by atoms with E-state index < -0.39 is 64.5 Å². The van der Waals surface area contributed by atoms with Gasteiger partial charge in [-0.3, -0.25) is 24.0 Å². The van der Waals surface area contributed by atoms with Gasteiger partial charge in [-0.15, -0.1) is 0 Å². The number of ketones is 1. The number of Topliss-reactive ketones (excluding diaryl/α,β-unsaturated/α-hetero) is 1. The number of nitrogens with zero attached hydrogens (tertiary/aromatic N) is 2. The summed E-state index contributed by atoms with van der Waals surface area (Å²) >= 11 is 0. The van der Waals surface area contributed by atoms with Crippen LogP contribution in [0.4, 0.5) is 4.79 Å². The Morgan fingerprint density at radius 2 is 1.43 bits per heavy atom. The summed E-state index contributed by atoms with van der Waals surface area (Å²) < 4.78 is 0. The molecule has 4 fully saturated rings. The molecule has 3 saturated carbocycles. The highest BCUT2D eigenvalue weighted by atomic mass is 16.2. The summed E-state index contributed by atoms with van der Waals surface area (Å²) in [6.45, 7) is 15.6. The smallest absolute Gasteiger partial charge is 0.316 e. The molecule has 6 amide bonds. The number of hydrogen-bond donors (Lipinski definition) is 4. The highest BCUT2D eigenvalue weighted by Crippen LogP contribution is 2.65. The molecule has 0 aromatic carbocycles. The number of piperidine rings is 1. The monoisotopic (exact) mass is 616 g/mol. The molecule has 1 saturated heterocycles. The standard InChI is InChI=1S/C32H52N6O6/c1-30(2,3)23(27(42)37(9)17-12-13-17)35-29(44)36-24(31(4,5)6)28(43)38-15-18-20(32(18,7)8)21(38)26(41)34-19(14-16-10-11-16)22(39)25(33)40/h16-21,23-24H,10-15H2,1-9H3,(H2,33,40)(H,34,41)(H2,35,36,44)/t18-,19?,20-,21-,23+,24+/m0/s1. The summed E-state index contributed by atoms with van der Waals surface area (Å²) in [7, 11) is 1.75. The number of likely N-dealkylation sites (N-methyl/N-ethyl adjacent to an activating group) is 1. The van der Waals surface area contributed by atoms with Crippen LogP contribution in [-0.4, -0.2) is 89.0 Å². The van der Waals surface area contributed by atoms with Gasteiger partial charge in [-0.25, -0.2) is 4.79 Å². The second-order valence-electron chi connectivity index (χ2n) is 16.3. The van der Waals surface area contributed by atoms with Crippen molar-refractivity contribution in [3.63, 3.8) is 0 Å². The van der Waals surface area contributed by atoms with Gasteiger partial charge in [0.05, 0.1) is 6.04 Å². The molecule has 5 N–H and O–H groups in total. The zero-order chi connectivity index (χ0) is 33.1. The van der Waals surface area contributed by atoms with Crippen molar-refractivity contribution in [2.24, 2.45) is 39.7 Å². The van der Waals surface area contributed by atoms with Crippen LogP contribution in [0.15, 0.2) is 0 Å². The highest BCUT2D eigenvalue weighted by Gasteiger charge is 2.70. The van der Waals surface area contributed by atoms with Crippen molar-refractivity contribution in [1.82, 2.24) is 25.8 Å². The Bertz CT molecular complexity index is 1210. The first kappa shape index (κ1) is 33.7. The first-order valence-electron chi connectivity index (χ1n) is 15.9. The van der Waals surface area contributed by atoms with Crippen molar-refractivity contribution in [3.8, 4) is 0 Å². The van der Waals surface area contributed by atoms with Gasteiger partial charge in [-0.05, 0) is 53.3 Å². The van der Waals surface area contributed by atoms with E-state index >= 15 is 0 Å². The Hall–Kier alpha value is -3.18. The lowest BCUT2D eigenvalue weighted by Gasteiger charge is -2.39. The van der Waals surface area contributed by atoms with E-state index in [2.05, 4.69) is 29.8 Å². The van der Waals surface area contributed by atoms with Crippen LogP contribution in [0, 0.1) is 34.0 Å². The largest absolute Gasteiger partial charge is 0.363 e. The van der Waals surface area contributed by atoms with Crippen LogP contribution >= 0.6 is 0 Å². The van der Waals surface area contributed by atoms with E-state index in [9.17, 15) is 28.8 Å². The van der Waals surface area contributed by atoms with Crippen LogP contribution in [0.5, 0.6) is 0 Å². The first-order chi connectivity index (χ1) is 20.2. The number of likely N-dealkylation sites (tertiary alicyclic amines) is 1. The van der Waals surface area contributed by atoms with Gasteiger partial charge in [0.2, 0.25) is 23.5 Å². The maximum Gasteiger partial charge on any atom is 0.316 e. The molecule has 0 aromatic rings. The number of fused-ring (bicyclic) bond motifs is 1. The lowest BCUT2D eigenvalue weighted by atomic mass is 9.84. The van der Waals surface area contributed by atoms with Gasteiger partial charge in [0.15, 0.2) is 0 Å². The van der Waals surface area contributed by atoms with E-state index in [1.165, 1.54) is 4.90 Å².